The highest BCUT2D eigenvalue weighted by molar-refractivity contribution is 7.98. The molecule has 142 valence electrons. The molecule has 2 aromatic carbocycles. The van der Waals surface area contributed by atoms with Crippen LogP contribution in [0.15, 0.2) is 54.6 Å². The number of piperidine rings is 1. The lowest BCUT2D eigenvalue weighted by atomic mass is 9.74. The van der Waals surface area contributed by atoms with Crippen LogP contribution < -0.4 is 5.73 Å². The number of fused-ring (bicyclic) bond motifs is 2. The molecule has 1 heterocycles. The van der Waals surface area contributed by atoms with Crippen LogP contribution in [0.1, 0.15) is 36.0 Å². The highest BCUT2D eigenvalue weighted by atomic mass is 32.2. The third kappa shape index (κ3) is 3.92. The summed E-state index contributed by atoms with van der Waals surface area (Å²) in [5.41, 5.74) is 10.8. The van der Waals surface area contributed by atoms with Crippen molar-refractivity contribution in [2.75, 3.05) is 18.8 Å². The van der Waals surface area contributed by atoms with E-state index in [0.717, 1.165) is 31.7 Å². The van der Waals surface area contributed by atoms with Crippen LogP contribution in [0.3, 0.4) is 0 Å². The van der Waals surface area contributed by atoms with Gasteiger partial charge in [0, 0.05) is 24.6 Å². The molecule has 0 radical (unpaired) electrons. The van der Waals surface area contributed by atoms with Gasteiger partial charge in [-0.2, -0.15) is 11.8 Å². The normalized spacial score (nSPS) is 19.1. The zero-order chi connectivity index (χ0) is 18.7. The van der Waals surface area contributed by atoms with Crippen molar-refractivity contribution in [2.45, 2.75) is 42.9 Å². The second-order valence-corrected chi connectivity index (χ2v) is 8.90. The Bertz CT molecular complexity index is 784. The van der Waals surface area contributed by atoms with Gasteiger partial charge in [-0.3, -0.25) is 4.79 Å². The molecule has 4 rings (SSSR count). The van der Waals surface area contributed by atoms with Crippen LogP contribution in [0.4, 0.5) is 0 Å². The van der Waals surface area contributed by atoms with Gasteiger partial charge in [0.25, 0.3) is 0 Å². The number of likely N-dealkylation sites (tertiary alicyclic amines) is 1. The van der Waals surface area contributed by atoms with Crippen molar-refractivity contribution in [2.24, 2.45) is 5.73 Å². The lowest BCUT2D eigenvalue weighted by molar-refractivity contribution is -0.133. The highest BCUT2D eigenvalue weighted by Gasteiger charge is 2.42. The maximum absolute atomic E-state index is 12.8. The van der Waals surface area contributed by atoms with Crippen molar-refractivity contribution < 1.29 is 4.79 Å². The molecule has 1 aliphatic heterocycles. The summed E-state index contributed by atoms with van der Waals surface area (Å²) in [5, 5.41) is 0. The molecular formula is C23H28N2OS. The van der Waals surface area contributed by atoms with Crippen LogP contribution >= 0.6 is 11.8 Å². The Morgan fingerprint density at radius 1 is 1.04 bits per heavy atom. The average molecular weight is 381 g/mol. The molecule has 1 spiro atoms. The van der Waals surface area contributed by atoms with Gasteiger partial charge in [-0.15, -0.1) is 0 Å². The van der Waals surface area contributed by atoms with Gasteiger partial charge in [0.2, 0.25) is 5.91 Å². The van der Waals surface area contributed by atoms with E-state index in [2.05, 4.69) is 36.4 Å². The van der Waals surface area contributed by atoms with E-state index < -0.39 is 6.04 Å². The topological polar surface area (TPSA) is 46.3 Å². The van der Waals surface area contributed by atoms with Crippen molar-refractivity contribution >= 4 is 17.7 Å². The van der Waals surface area contributed by atoms with Crippen LogP contribution in [0.5, 0.6) is 0 Å². The zero-order valence-corrected chi connectivity index (χ0v) is 16.6. The Morgan fingerprint density at radius 3 is 2.52 bits per heavy atom. The van der Waals surface area contributed by atoms with Crippen LogP contribution in [-0.4, -0.2) is 35.7 Å². The van der Waals surface area contributed by atoms with Gasteiger partial charge in [0.05, 0.1) is 6.04 Å². The third-order valence-corrected chi connectivity index (χ3v) is 7.35. The Labute approximate surface area is 166 Å². The number of amides is 1. The molecule has 27 heavy (non-hydrogen) atoms. The Morgan fingerprint density at radius 2 is 1.74 bits per heavy atom. The Balaban J connectivity index is 1.28. The molecule has 0 saturated carbocycles. The summed E-state index contributed by atoms with van der Waals surface area (Å²) in [7, 11) is 0. The van der Waals surface area contributed by atoms with E-state index in [4.69, 9.17) is 5.73 Å². The molecule has 0 bridgehead atoms. The molecule has 2 aromatic rings. The molecular weight excluding hydrogens is 352 g/mol. The lowest BCUT2D eigenvalue weighted by Crippen LogP contribution is -2.50. The van der Waals surface area contributed by atoms with Gasteiger partial charge < -0.3 is 10.6 Å². The summed E-state index contributed by atoms with van der Waals surface area (Å²) < 4.78 is 0. The van der Waals surface area contributed by atoms with Gasteiger partial charge in [0.1, 0.15) is 0 Å². The number of benzene rings is 2. The first-order chi connectivity index (χ1) is 13.2. The van der Waals surface area contributed by atoms with E-state index in [-0.39, 0.29) is 5.91 Å². The molecule has 4 heteroatoms. The fourth-order valence-electron chi connectivity index (χ4n) is 4.62. The highest BCUT2D eigenvalue weighted by Crippen LogP contribution is 2.46. The van der Waals surface area contributed by atoms with Crippen LogP contribution in [0, 0.1) is 0 Å². The number of aryl methyl sites for hydroxylation is 1. The van der Waals surface area contributed by atoms with Gasteiger partial charge in [-0.05, 0) is 47.8 Å². The summed E-state index contributed by atoms with van der Waals surface area (Å²) in [6, 6.07) is 18.8. The minimum absolute atomic E-state index is 0.122. The average Bonchev–Trinajstić information content (AvgIpc) is 3.07. The van der Waals surface area contributed by atoms with Crippen molar-refractivity contribution in [1.82, 2.24) is 4.90 Å². The van der Waals surface area contributed by atoms with Gasteiger partial charge in [-0.1, -0.05) is 54.6 Å². The number of carbonyl (C=O) groups is 1. The lowest BCUT2D eigenvalue weighted by Gasteiger charge is -2.41. The van der Waals surface area contributed by atoms with E-state index in [0.29, 0.717) is 11.2 Å². The van der Waals surface area contributed by atoms with E-state index in [9.17, 15) is 4.79 Å². The van der Waals surface area contributed by atoms with E-state index in [1.165, 1.54) is 29.5 Å². The van der Waals surface area contributed by atoms with Crippen molar-refractivity contribution in [3.63, 3.8) is 0 Å². The molecule has 0 unspecified atom stereocenters. The van der Waals surface area contributed by atoms with Gasteiger partial charge >= 0.3 is 0 Å². The quantitative estimate of drug-likeness (QED) is 0.859. The minimum atomic E-state index is -0.399. The second kappa shape index (κ2) is 8.07. The monoisotopic (exact) mass is 380 g/mol. The molecule has 1 saturated heterocycles. The number of nitrogens with two attached hydrogens (primary N) is 1. The van der Waals surface area contributed by atoms with Gasteiger partial charge in [-0.25, -0.2) is 0 Å². The van der Waals surface area contributed by atoms with Crippen LogP contribution in [-0.2, 0) is 22.4 Å². The zero-order valence-electron chi connectivity index (χ0n) is 15.8. The summed E-state index contributed by atoms with van der Waals surface area (Å²) in [6.07, 6.45) is 4.55. The maximum atomic E-state index is 12.8. The number of rotatable bonds is 5. The summed E-state index contributed by atoms with van der Waals surface area (Å²) in [6.45, 7) is 1.68. The standard InChI is InChI=1S/C23H28N2OS/c24-21(17-27-16-18-6-2-1-3-7-18)22(26)25-14-12-23(13-15-25)11-10-19-8-4-5-9-20(19)23/h1-9,21H,10-17,24H2/t21-/m1/s1. The van der Waals surface area contributed by atoms with Crippen molar-refractivity contribution in [1.29, 1.82) is 0 Å². The number of hydrogen-bond acceptors (Lipinski definition) is 3. The van der Waals surface area contributed by atoms with E-state index in [1.807, 2.05) is 23.1 Å². The number of hydrogen-bond donors (Lipinski definition) is 1. The minimum Gasteiger partial charge on any atom is -0.341 e. The molecule has 1 aliphatic carbocycles. The first-order valence-electron chi connectivity index (χ1n) is 9.92. The molecule has 3 nitrogen and oxygen atoms in total. The maximum Gasteiger partial charge on any atom is 0.240 e. The van der Waals surface area contributed by atoms with Crippen LogP contribution in [0.2, 0.25) is 0 Å². The summed E-state index contributed by atoms with van der Waals surface area (Å²) in [5.74, 6) is 1.71. The molecule has 1 fully saturated rings. The second-order valence-electron chi connectivity index (χ2n) is 7.87. The Kier molecular flexibility index (Phi) is 5.55. The molecule has 1 amide bonds. The largest absolute Gasteiger partial charge is 0.341 e. The molecule has 0 aromatic heterocycles. The predicted octanol–water partition coefficient (Wildman–Crippen LogP) is 3.75. The van der Waals surface area contributed by atoms with Crippen molar-refractivity contribution in [3.8, 4) is 0 Å². The number of carbonyl (C=O) groups excluding carboxylic acids is 1. The summed E-state index contributed by atoms with van der Waals surface area (Å²) >= 11 is 1.74. The predicted molar refractivity (Wildman–Crippen MR) is 113 cm³/mol. The van der Waals surface area contributed by atoms with E-state index in [1.54, 1.807) is 11.8 Å². The van der Waals surface area contributed by atoms with Gasteiger partial charge in [0.15, 0.2) is 0 Å². The number of thioether (sulfide) groups is 1. The molecule has 2 aliphatic rings. The fraction of sp³-hybridized carbons (Fsp3) is 0.435. The molecule has 1 atom stereocenters. The first kappa shape index (κ1) is 18.6. The SMILES string of the molecule is N[C@H](CSCc1ccccc1)C(=O)N1CCC2(CCc3ccccc32)CC1. The fourth-order valence-corrected chi connectivity index (χ4v) is 5.57. The Hall–Kier alpha value is -1.78. The number of nitrogens with zero attached hydrogens (tertiary/aromatic N) is 1. The first-order valence-corrected chi connectivity index (χ1v) is 11.1. The van der Waals surface area contributed by atoms with Crippen molar-refractivity contribution in [3.05, 3.63) is 71.3 Å². The van der Waals surface area contributed by atoms with Crippen LogP contribution in [0.25, 0.3) is 0 Å². The van der Waals surface area contributed by atoms with E-state index >= 15 is 0 Å². The summed E-state index contributed by atoms with van der Waals surface area (Å²) in [4.78, 5) is 14.8. The molecule has 2 N–H and O–H groups in total. The smallest absolute Gasteiger partial charge is 0.240 e. The third-order valence-electron chi connectivity index (χ3n) is 6.22.